The lowest BCUT2D eigenvalue weighted by Crippen LogP contribution is -2.50. The van der Waals surface area contributed by atoms with Gasteiger partial charge in [0.05, 0.1) is 39.5 Å². The van der Waals surface area contributed by atoms with E-state index in [1.165, 1.54) is 30.3 Å². The van der Waals surface area contributed by atoms with E-state index in [2.05, 4.69) is 0 Å². The van der Waals surface area contributed by atoms with E-state index in [-0.39, 0.29) is 39.3 Å². The highest BCUT2D eigenvalue weighted by molar-refractivity contribution is 6.34. The summed E-state index contributed by atoms with van der Waals surface area (Å²) in [5, 5.41) is 13.8. The van der Waals surface area contributed by atoms with Crippen LogP contribution >= 0.6 is 23.2 Å². The van der Waals surface area contributed by atoms with Crippen LogP contribution in [0.2, 0.25) is 10.0 Å². The number of benzene rings is 2. The predicted molar refractivity (Wildman–Crippen MR) is 121 cm³/mol. The Labute approximate surface area is 200 Å². The van der Waals surface area contributed by atoms with Crippen LogP contribution in [-0.2, 0) is 16.1 Å². The lowest BCUT2D eigenvalue weighted by Gasteiger charge is -2.30. The average Bonchev–Trinajstić information content (AvgIpc) is 3.02. The van der Waals surface area contributed by atoms with Gasteiger partial charge in [-0.3, -0.25) is 24.5 Å². The molecule has 2 fully saturated rings. The number of imide groups is 1. The van der Waals surface area contributed by atoms with Crippen molar-refractivity contribution in [1.82, 2.24) is 10.0 Å². The lowest BCUT2D eigenvalue weighted by atomic mass is 9.76. The van der Waals surface area contributed by atoms with Gasteiger partial charge in [-0.15, -0.1) is 0 Å². The molecule has 0 bridgehead atoms. The van der Waals surface area contributed by atoms with Gasteiger partial charge in [0, 0.05) is 11.1 Å². The summed E-state index contributed by atoms with van der Waals surface area (Å²) < 4.78 is 0. The summed E-state index contributed by atoms with van der Waals surface area (Å²) in [5.41, 5.74) is -0.0992. The quantitative estimate of drug-likeness (QED) is 0.338. The van der Waals surface area contributed by atoms with Crippen molar-refractivity contribution in [3.8, 4) is 0 Å². The molecule has 2 aliphatic rings. The van der Waals surface area contributed by atoms with E-state index in [0.717, 1.165) is 16.4 Å². The first-order chi connectivity index (χ1) is 15.7. The number of nitrogens with zero attached hydrogens (tertiary/aromatic N) is 3. The molecule has 3 atom stereocenters. The van der Waals surface area contributed by atoms with Gasteiger partial charge in [-0.2, -0.15) is 5.01 Å². The van der Waals surface area contributed by atoms with Gasteiger partial charge in [0.25, 0.3) is 23.4 Å². The maximum absolute atomic E-state index is 13.6. The van der Waals surface area contributed by atoms with Crippen LogP contribution in [0.3, 0.4) is 0 Å². The summed E-state index contributed by atoms with van der Waals surface area (Å²) in [6, 6.07) is 10.3. The summed E-state index contributed by atoms with van der Waals surface area (Å²) in [6.07, 6.45) is 1.93. The number of hydrogen-bond acceptors (Lipinski definition) is 5. The Hall–Kier alpha value is -2.97. The van der Waals surface area contributed by atoms with Gasteiger partial charge in [-0.25, -0.2) is 5.01 Å². The molecule has 3 amide bonds. The number of carbonyl (C=O) groups excluding carboxylic acids is 3. The Morgan fingerprint density at radius 1 is 1.12 bits per heavy atom. The Kier molecular flexibility index (Phi) is 6.41. The van der Waals surface area contributed by atoms with Crippen LogP contribution in [0.25, 0.3) is 0 Å². The summed E-state index contributed by atoms with van der Waals surface area (Å²) in [4.78, 5) is 51.2. The van der Waals surface area contributed by atoms with Gasteiger partial charge in [0.15, 0.2) is 0 Å². The first-order valence-electron chi connectivity index (χ1n) is 10.6. The van der Waals surface area contributed by atoms with Gasteiger partial charge < -0.3 is 0 Å². The normalized spacial score (nSPS) is 22.3. The second-order valence-corrected chi connectivity index (χ2v) is 9.34. The van der Waals surface area contributed by atoms with Gasteiger partial charge in [-0.1, -0.05) is 42.3 Å². The largest absolute Gasteiger partial charge is 0.275 e. The first-order valence-corrected chi connectivity index (χ1v) is 11.3. The second-order valence-electron chi connectivity index (χ2n) is 8.49. The van der Waals surface area contributed by atoms with Crippen molar-refractivity contribution in [3.63, 3.8) is 0 Å². The van der Waals surface area contributed by atoms with Gasteiger partial charge in [0.1, 0.15) is 0 Å². The highest BCUT2D eigenvalue weighted by Gasteiger charge is 2.52. The van der Waals surface area contributed by atoms with Gasteiger partial charge in [0.2, 0.25) is 0 Å². The fourth-order valence-corrected chi connectivity index (χ4v) is 5.00. The summed E-state index contributed by atoms with van der Waals surface area (Å²) in [7, 11) is 0. The molecule has 0 aromatic heterocycles. The number of rotatable bonds is 5. The summed E-state index contributed by atoms with van der Waals surface area (Å²) >= 11 is 12.2. The van der Waals surface area contributed by atoms with Crippen molar-refractivity contribution >= 4 is 46.6 Å². The van der Waals surface area contributed by atoms with Crippen molar-refractivity contribution in [3.05, 3.63) is 73.8 Å². The summed E-state index contributed by atoms with van der Waals surface area (Å²) in [5.74, 6) is -2.35. The van der Waals surface area contributed by atoms with Crippen LogP contribution in [0, 0.1) is 27.9 Å². The molecule has 10 heteroatoms. The Morgan fingerprint density at radius 2 is 1.82 bits per heavy atom. The van der Waals surface area contributed by atoms with E-state index in [9.17, 15) is 24.5 Å². The number of nitro groups is 1. The van der Waals surface area contributed by atoms with Crippen molar-refractivity contribution in [2.45, 2.75) is 32.7 Å². The van der Waals surface area contributed by atoms with Gasteiger partial charge in [-0.05, 0) is 49.4 Å². The Bertz CT molecular complexity index is 1150. The highest BCUT2D eigenvalue weighted by atomic mass is 35.5. The second kappa shape index (κ2) is 9.11. The Morgan fingerprint density at radius 3 is 2.52 bits per heavy atom. The number of carbonyl (C=O) groups is 3. The monoisotopic (exact) mass is 489 g/mol. The molecule has 2 aromatic rings. The predicted octanol–water partition coefficient (Wildman–Crippen LogP) is 4.88. The smallest absolute Gasteiger partial charge is 0.272 e. The van der Waals surface area contributed by atoms with Crippen molar-refractivity contribution in [2.75, 3.05) is 0 Å². The molecular formula is C23H21Cl2N3O5. The van der Waals surface area contributed by atoms with E-state index in [1.807, 2.05) is 6.92 Å². The highest BCUT2D eigenvalue weighted by Crippen LogP contribution is 2.42. The maximum atomic E-state index is 13.6. The van der Waals surface area contributed by atoms with Crippen LogP contribution in [0.1, 0.15) is 42.1 Å². The molecule has 172 valence electrons. The molecule has 1 saturated heterocycles. The molecule has 1 saturated carbocycles. The van der Waals surface area contributed by atoms with Crippen LogP contribution in [0.5, 0.6) is 0 Å². The van der Waals surface area contributed by atoms with Crippen LogP contribution in [0.15, 0.2) is 42.5 Å². The number of fused-ring (bicyclic) bond motifs is 1. The first kappa shape index (κ1) is 23.2. The molecule has 0 radical (unpaired) electrons. The molecule has 2 aromatic carbocycles. The van der Waals surface area contributed by atoms with E-state index < -0.39 is 34.5 Å². The Balaban J connectivity index is 1.78. The SMILES string of the molecule is C[C@@H]1CC[C@H]2C(=O)N(N(Cc3ccc(Cl)cc3[N+](=O)[O-])C(=O)c3ccccc3Cl)C(=O)[C@H]2C1. The van der Waals surface area contributed by atoms with Crippen molar-refractivity contribution in [2.24, 2.45) is 17.8 Å². The maximum Gasteiger partial charge on any atom is 0.275 e. The van der Waals surface area contributed by atoms with Crippen molar-refractivity contribution in [1.29, 1.82) is 0 Å². The minimum absolute atomic E-state index is 0.0830. The molecular weight excluding hydrogens is 469 g/mol. The third kappa shape index (κ3) is 4.32. The molecule has 0 unspecified atom stereocenters. The number of nitro benzene ring substituents is 1. The third-order valence-electron chi connectivity index (χ3n) is 6.31. The average molecular weight is 490 g/mol. The third-order valence-corrected chi connectivity index (χ3v) is 6.87. The number of hydrogen-bond donors (Lipinski definition) is 0. The summed E-state index contributed by atoms with van der Waals surface area (Å²) in [6.45, 7) is 1.66. The zero-order chi connectivity index (χ0) is 23.9. The van der Waals surface area contributed by atoms with E-state index >= 15 is 0 Å². The minimum atomic E-state index is -0.696. The van der Waals surface area contributed by atoms with E-state index in [4.69, 9.17) is 23.2 Å². The molecule has 1 aliphatic heterocycles. The zero-order valence-corrected chi connectivity index (χ0v) is 19.3. The molecule has 8 nitrogen and oxygen atoms in total. The topological polar surface area (TPSA) is 101 Å². The number of halogens is 2. The van der Waals surface area contributed by atoms with Gasteiger partial charge >= 0.3 is 0 Å². The molecule has 33 heavy (non-hydrogen) atoms. The zero-order valence-electron chi connectivity index (χ0n) is 17.7. The molecule has 4 rings (SSSR count). The van der Waals surface area contributed by atoms with Crippen molar-refractivity contribution < 1.29 is 19.3 Å². The van der Waals surface area contributed by atoms with Crippen LogP contribution < -0.4 is 0 Å². The standard InChI is InChI=1S/C23H21Cl2N3O5/c1-13-6-9-16-18(10-13)23(31)27(22(16)30)26(21(29)17-4-2-3-5-19(17)25)12-14-7-8-15(24)11-20(14)28(32)33/h2-5,7-8,11,13,16,18H,6,9-10,12H2,1H3/t13-,16-,18+/m1/s1. The molecule has 0 spiro atoms. The molecule has 0 N–H and O–H groups in total. The lowest BCUT2D eigenvalue weighted by molar-refractivity contribution is -0.385. The number of hydrazine groups is 1. The molecule has 1 heterocycles. The van der Waals surface area contributed by atoms with E-state index in [1.54, 1.807) is 12.1 Å². The fraction of sp³-hybridized carbons (Fsp3) is 0.348. The van der Waals surface area contributed by atoms with E-state index in [0.29, 0.717) is 12.8 Å². The minimum Gasteiger partial charge on any atom is -0.272 e. The van der Waals surface area contributed by atoms with Crippen LogP contribution in [-0.4, -0.2) is 32.7 Å². The fourth-order valence-electron chi connectivity index (χ4n) is 4.62. The molecule has 1 aliphatic carbocycles. The van der Waals surface area contributed by atoms with Crippen LogP contribution in [0.4, 0.5) is 5.69 Å². The number of amides is 3.